The average Bonchev–Trinajstić information content (AvgIpc) is 2.96. The molecule has 2 aromatic rings. The number of methoxy groups -OCH3 is 3. The fourth-order valence-electron chi connectivity index (χ4n) is 2.25. The van der Waals surface area contributed by atoms with Crippen LogP contribution in [-0.2, 0) is 6.42 Å². The summed E-state index contributed by atoms with van der Waals surface area (Å²) in [6.07, 6.45) is 0.962. The molecule has 0 fully saturated rings. The van der Waals surface area contributed by atoms with Crippen LogP contribution >= 0.6 is 11.3 Å². The van der Waals surface area contributed by atoms with Crippen molar-refractivity contribution in [1.29, 1.82) is 0 Å². The molecule has 1 aromatic heterocycles. The third-order valence-corrected chi connectivity index (χ3v) is 4.60. The smallest absolute Gasteiger partial charge is 0.203 e. The average molecular weight is 322 g/mol. The molecule has 0 N–H and O–H groups in total. The van der Waals surface area contributed by atoms with E-state index in [-0.39, 0.29) is 0 Å². The van der Waals surface area contributed by atoms with Gasteiger partial charge < -0.3 is 19.1 Å². The van der Waals surface area contributed by atoms with Crippen LogP contribution in [-0.4, -0.2) is 39.9 Å². The van der Waals surface area contributed by atoms with Gasteiger partial charge in [-0.15, -0.1) is 11.3 Å². The number of aromatic nitrogens is 1. The van der Waals surface area contributed by atoms with E-state index in [2.05, 4.69) is 16.9 Å². The summed E-state index contributed by atoms with van der Waals surface area (Å²) in [6.45, 7) is 2.94. The highest BCUT2D eigenvalue weighted by molar-refractivity contribution is 7.09. The second-order valence-electron chi connectivity index (χ2n) is 4.92. The predicted molar refractivity (Wildman–Crippen MR) is 89.9 cm³/mol. The van der Waals surface area contributed by atoms with E-state index in [0.717, 1.165) is 24.3 Å². The van der Waals surface area contributed by atoms with Gasteiger partial charge in [-0.2, -0.15) is 0 Å². The fourth-order valence-corrected chi connectivity index (χ4v) is 3.02. The molecule has 22 heavy (non-hydrogen) atoms. The maximum Gasteiger partial charge on any atom is 0.203 e. The van der Waals surface area contributed by atoms with E-state index in [9.17, 15) is 0 Å². The van der Waals surface area contributed by atoms with Crippen LogP contribution < -0.4 is 19.1 Å². The lowest BCUT2D eigenvalue weighted by Crippen LogP contribution is -2.20. The molecule has 0 aliphatic rings. The van der Waals surface area contributed by atoms with Gasteiger partial charge in [0.05, 0.1) is 32.5 Å². The van der Waals surface area contributed by atoms with Crippen molar-refractivity contribution in [3.05, 3.63) is 28.2 Å². The van der Waals surface area contributed by atoms with Crippen molar-refractivity contribution in [2.75, 3.05) is 39.8 Å². The van der Waals surface area contributed by atoms with E-state index in [1.54, 1.807) is 32.7 Å². The van der Waals surface area contributed by atoms with Crippen molar-refractivity contribution in [3.8, 4) is 17.2 Å². The van der Waals surface area contributed by atoms with Crippen LogP contribution in [0.4, 0.5) is 5.69 Å². The zero-order chi connectivity index (χ0) is 16.1. The number of rotatable bonds is 7. The van der Waals surface area contributed by atoms with Gasteiger partial charge in [-0.25, -0.2) is 4.98 Å². The minimum Gasteiger partial charge on any atom is -0.493 e. The first kappa shape index (κ1) is 16.4. The third-order valence-electron chi connectivity index (χ3n) is 3.61. The summed E-state index contributed by atoms with van der Waals surface area (Å²) in [5.74, 6) is 1.94. The molecule has 120 valence electrons. The number of nitrogens with zero attached hydrogens (tertiary/aromatic N) is 2. The number of aryl methyl sites for hydroxylation is 1. The minimum atomic E-state index is 0.612. The predicted octanol–water partition coefficient (Wildman–Crippen LogP) is 3.16. The van der Waals surface area contributed by atoms with Crippen LogP contribution in [0.25, 0.3) is 0 Å². The second kappa shape index (κ2) is 7.35. The molecule has 0 atom stereocenters. The van der Waals surface area contributed by atoms with Crippen LogP contribution in [0.2, 0.25) is 0 Å². The van der Waals surface area contributed by atoms with Crippen molar-refractivity contribution in [2.24, 2.45) is 0 Å². The number of anilines is 1. The van der Waals surface area contributed by atoms with Gasteiger partial charge in [-0.3, -0.25) is 0 Å². The highest BCUT2D eigenvalue weighted by Gasteiger charge is 2.15. The molecule has 0 unspecified atom stereocenters. The van der Waals surface area contributed by atoms with Gasteiger partial charge in [0.2, 0.25) is 5.75 Å². The number of hydrogen-bond acceptors (Lipinski definition) is 6. The fraction of sp³-hybridized carbons (Fsp3) is 0.438. The van der Waals surface area contributed by atoms with E-state index in [1.807, 2.05) is 24.6 Å². The number of likely N-dealkylation sites (N-methyl/N-ethyl adjacent to an activating group) is 1. The van der Waals surface area contributed by atoms with Gasteiger partial charge >= 0.3 is 0 Å². The highest BCUT2D eigenvalue weighted by atomic mass is 32.1. The Morgan fingerprint density at radius 2 is 1.73 bits per heavy atom. The van der Waals surface area contributed by atoms with E-state index < -0.39 is 0 Å². The standard InChI is InChI=1S/C16H22N2O3S/c1-11-15(22-10-17-11)6-7-18(2)12-8-13(19-3)16(21-5)14(9-12)20-4/h8-10H,6-7H2,1-5H3. The molecule has 0 bridgehead atoms. The summed E-state index contributed by atoms with van der Waals surface area (Å²) >= 11 is 1.70. The zero-order valence-electron chi connectivity index (χ0n) is 13.7. The van der Waals surface area contributed by atoms with Gasteiger partial charge in [-0.1, -0.05) is 0 Å². The molecule has 0 aliphatic carbocycles. The van der Waals surface area contributed by atoms with Crippen LogP contribution in [0.3, 0.4) is 0 Å². The first-order chi connectivity index (χ1) is 10.6. The minimum absolute atomic E-state index is 0.612. The Bertz CT molecular complexity index is 603. The maximum atomic E-state index is 5.40. The molecular weight excluding hydrogens is 300 g/mol. The van der Waals surface area contributed by atoms with Gasteiger partial charge in [0.25, 0.3) is 0 Å². The van der Waals surface area contributed by atoms with Crippen LogP contribution in [0.15, 0.2) is 17.6 Å². The molecule has 0 saturated heterocycles. The molecule has 1 heterocycles. The van der Waals surface area contributed by atoms with E-state index in [0.29, 0.717) is 17.2 Å². The Kier molecular flexibility index (Phi) is 5.49. The van der Waals surface area contributed by atoms with E-state index >= 15 is 0 Å². The molecule has 0 spiro atoms. The largest absolute Gasteiger partial charge is 0.493 e. The Balaban J connectivity index is 2.18. The number of hydrogen-bond donors (Lipinski definition) is 0. The molecule has 0 saturated carbocycles. The zero-order valence-corrected chi connectivity index (χ0v) is 14.5. The molecule has 2 rings (SSSR count). The van der Waals surface area contributed by atoms with Gasteiger partial charge in [0.15, 0.2) is 11.5 Å². The van der Waals surface area contributed by atoms with Crippen LogP contribution in [0, 0.1) is 6.92 Å². The van der Waals surface area contributed by atoms with E-state index in [4.69, 9.17) is 14.2 Å². The lowest BCUT2D eigenvalue weighted by atomic mass is 10.2. The van der Waals surface area contributed by atoms with Crippen molar-refractivity contribution in [1.82, 2.24) is 4.98 Å². The molecule has 5 nitrogen and oxygen atoms in total. The summed E-state index contributed by atoms with van der Waals surface area (Å²) in [6, 6.07) is 3.92. The summed E-state index contributed by atoms with van der Waals surface area (Å²) in [4.78, 5) is 7.78. The lowest BCUT2D eigenvalue weighted by molar-refractivity contribution is 0.324. The Hall–Kier alpha value is -1.95. The first-order valence-corrected chi connectivity index (χ1v) is 7.88. The summed E-state index contributed by atoms with van der Waals surface area (Å²) in [5.41, 5.74) is 4.03. The molecule has 6 heteroatoms. The van der Waals surface area contributed by atoms with Gasteiger partial charge in [-0.05, 0) is 6.92 Å². The second-order valence-corrected chi connectivity index (χ2v) is 5.86. The third kappa shape index (κ3) is 3.44. The Morgan fingerprint density at radius 3 is 2.18 bits per heavy atom. The molecule has 0 amide bonds. The maximum absolute atomic E-state index is 5.40. The van der Waals surface area contributed by atoms with Crippen LogP contribution in [0.5, 0.6) is 17.2 Å². The highest BCUT2D eigenvalue weighted by Crippen LogP contribution is 2.40. The Morgan fingerprint density at radius 1 is 1.09 bits per heavy atom. The molecule has 0 aliphatic heterocycles. The van der Waals surface area contributed by atoms with Crippen molar-refractivity contribution >= 4 is 17.0 Å². The molecular formula is C16H22N2O3S. The topological polar surface area (TPSA) is 43.8 Å². The number of benzene rings is 1. The SMILES string of the molecule is COc1cc(N(C)CCc2scnc2C)cc(OC)c1OC. The normalized spacial score (nSPS) is 10.4. The van der Waals surface area contributed by atoms with E-state index in [1.165, 1.54) is 4.88 Å². The van der Waals surface area contributed by atoms with Crippen LogP contribution in [0.1, 0.15) is 10.6 Å². The Labute approximate surface area is 135 Å². The lowest BCUT2D eigenvalue weighted by Gasteiger charge is -2.22. The first-order valence-electron chi connectivity index (χ1n) is 7.00. The monoisotopic (exact) mass is 322 g/mol. The number of ether oxygens (including phenoxy) is 3. The van der Waals surface area contributed by atoms with Crippen molar-refractivity contribution in [2.45, 2.75) is 13.3 Å². The molecule has 1 aromatic carbocycles. The van der Waals surface area contributed by atoms with Gasteiger partial charge in [0, 0.05) is 42.7 Å². The number of thiazole rings is 1. The van der Waals surface area contributed by atoms with Gasteiger partial charge in [0.1, 0.15) is 0 Å². The summed E-state index contributed by atoms with van der Waals surface area (Å²) in [5, 5.41) is 0. The van der Waals surface area contributed by atoms with Crippen molar-refractivity contribution in [3.63, 3.8) is 0 Å². The quantitative estimate of drug-likeness (QED) is 0.783. The molecule has 0 radical (unpaired) electrons. The summed E-state index contributed by atoms with van der Waals surface area (Å²) in [7, 11) is 6.91. The summed E-state index contributed by atoms with van der Waals surface area (Å²) < 4.78 is 16.2. The van der Waals surface area contributed by atoms with Crippen molar-refractivity contribution < 1.29 is 14.2 Å².